The van der Waals surface area contributed by atoms with Crippen molar-refractivity contribution in [2.45, 2.75) is 26.3 Å². The number of rotatable bonds is 4. The van der Waals surface area contributed by atoms with Crippen molar-refractivity contribution in [1.29, 1.82) is 0 Å². The molecule has 1 fully saturated rings. The topological polar surface area (TPSA) is 61.6 Å². The molecule has 0 bridgehead atoms. The van der Waals surface area contributed by atoms with Crippen LogP contribution in [-0.2, 0) is 0 Å². The lowest BCUT2D eigenvalue weighted by atomic mass is 10.1. The maximum atomic E-state index is 12.0. The number of nitrogens with zero attached hydrogens (tertiary/aromatic N) is 2. The Bertz CT molecular complexity index is 503. The lowest BCUT2D eigenvalue weighted by Gasteiger charge is -2.40. The fourth-order valence-electron chi connectivity index (χ4n) is 2.83. The maximum Gasteiger partial charge on any atom is 0.251 e. The van der Waals surface area contributed by atoms with Crippen LogP contribution in [0.5, 0.6) is 0 Å². The van der Waals surface area contributed by atoms with Crippen molar-refractivity contribution in [3.63, 3.8) is 0 Å². The van der Waals surface area contributed by atoms with Gasteiger partial charge in [0.2, 0.25) is 0 Å². The first-order valence-corrected chi connectivity index (χ1v) is 7.69. The summed E-state index contributed by atoms with van der Waals surface area (Å²) in [6, 6.07) is 6.07. The van der Waals surface area contributed by atoms with Gasteiger partial charge in [-0.2, -0.15) is 0 Å². The number of likely N-dealkylation sites (N-methyl/N-ethyl adjacent to an activating group) is 1. The van der Waals surface area contributed by atoms with Gasteiger partial charge in [-0.25, -0.2) is 0 Å². The van der Waals surface area contributed by atoms with E-state index in [0.717, 1.165) is 37.4 Å². The van der Waals surface area contributed by atoms with Gasteiger partial charge in [0.1, 0.15) is 0 Å². The molecule has 0 aliphatic carbocycles. The van der Waals surface area contributed by atoms with Crippen LogP contribution in [-0.4, -0.2) is 50.1 Å². The molecule has 2 rings (SSSR count). The number of nitrogens with two attached hydrogens (primary N) is 1. The molecule has 5 heteroatoms. The van der Waals surface area contributed by atoms with Crippen LogP contribution >= 0.6 is 0 Å². The lowest BCUT2D eigenvalue weighted by Crippen LogP contribution is -2.51. The van der Waals surface area contributed by atoms with Crippen molar-refractivity contribution in [3.8, 4) is 0 Å². The van der Waals surface area contributed by atoms with E-state index in [1.165, 1.54) is 0 Å². The molecule has 5 nitrogen and oxygen atoms in total. The van der Waals surface area contributed by atoms with Crippen molar-refractivity contribution in [3.05, 3.63) is 23.8 Å². The quantitative estimate of drug-likeness (QED) is 0.826. The second-order valence-electron chi connectivity index (χ2n) is 5.62. The number of hydrogen-bond acceptors (Lipinski definition) is 4. The Morgan fingerprint density at radius 3 is 2.81 bits per heavy atom. The lowest BCUT2D eigenvalue weighted by molar-refractivity contribution is 0.0956. The monoisotopic (exact) mass is 290 g/mol. The Hall–Kier alpha value is -1.75. The Labute approximate surface area is 127 Å². The van der Waals surface area contributed by atoms with E-state index in [4.69, 9.17) is 5.73 Å². The van der Waals surface area contributed by atoms with E-state index in [2.05, 4.69) is 29.1 Å². The summed E-state index contributed by atoms with van der Waals surface area (Å²) < 4.78 is 0. The number of carbonyl (C=O) groups excluding carboxylic acids is 1. The van der Waals surface area contributed by atoms with Gasteiger partial charge >= 0.3 is 0 Å². The number of anilines is 2. The van der Waals surface area contributed by atoms with Gasteiger partial charge in [0, 0.05) is 37.8 Å². The Balaban J connectivity index is 2.22. The Morgan fingerprint density at radius 2 is 2.14 bits per heavy atom. The zero-order valence-corrected chi connectivity index (χ0v) is 13.2. The van der Waals surface area contributed by atoms with E-state index in [1.54, 1.807) is 6.07 Å². The van der Waals surface area contributed by atoms with Crippen LogP contribution < -0.4 is 16.0 Å². The van der Waals surface area contributed by atoms with Gasteiger partial charge in [-0.05, 0) is 38.6 Å². The van der Waals surface area contributed by atoms with Crippen LogP contribution in [0.4, 0.5) is 11.4 Å². The number of hydrogen-bond donors (Lipinski definition) is 2. The van der Waals surface area contributed by atoms with Gasteiger partial charge in [-0.15, -0.1) is 0 Å². The molecule has 1 aromatic carbocycles. The summed E-state index contributed by atoms with van der Waals surface area (Å²) >= 11 is 0. The summed E-state index contributed by atoms with van der Waals surface area (Å²) in [6.45, 7) is 7.67. The standard InChI is InChI=1S/C16H26N4O/c1-4-13-11-20(9-8-19(13)3)15-10-12(6-7-14(15)17)16(21)18-5-2/h6-7,10,13H,4-5,8-9,11,17H2,1-3H3,(H,18,21). The number of nitrogen functional groups attached to an aromatic ring is 1. The molecule has 116 valence electrons. The van der Waals surface area contributed by atoms with Crippen molar-refractivity contribution >= 4 is 17.3 Å². The number of carbonyl (C=O) groups is 1. The summed E-state index contributed by atoms with van der Waals surface area (Å²) in [5.74, 6) is -0.0417. The molecule has 0 saturated carbocycles. The van der Waals surface area contributed by atoms with Gasteiger partial charge in [0.05, 0.1) is 11.4 Å². The highest BCUT2D eigenvalue weighted by atomic mass is 16.1. The zero-order valence-electron chi connectivity index (χ0n) is 13.2. The fourth-order valence-corrected chi connectivity index (χ4v) is 2.83. The molecule has 1 heterocycles. The van der Waals surface area contributed by atoms with Crippen LogP contribution in [0.1, 0.15) is 30.6 Å². The highest BCUT2D eigenvalue weighted by molar-refractivity contribution is 5.96. The van der Waals surface area contributed by atoms with E-state index >= 15 is 0 Å². The minimum Gasteiger partial charge on any atom is -0.397 e. The Kier molecular flexibility index (Phi) is 5.07. The van der Waals surface area contributed by atoms with Crippen molar-refractivity contribution < 1.29 is 4.79 Å². The van der Waals surface area contributed by atoms with Crippen LogP contribution in [0.15, 0.2) is 18.2 Å². The zero-order chi connectivity index (χ0) is 15.4. The summed E-state index contributed by atoms with van der Waals surface area (Å²) in [4.78, 5) is 16.7. The molecule has 0 radical (unpaired) electrons. The molecule has 3 N–H and O–H groups in total. The van der Waals surface area contributed by atoms with Crippen LogP contribution in [0.25, 0.3) is 0 Å². The van der Waals surface area contributed by atoms with Gasteiger partial charge in [-0.1, -0.05) is 6.92 Å². The third-order valence-electron chi connectivity index (χ3n) is 4.22. The number of piperazine rings is 1. The first-order valence-electron chi connectivity index (χ1n) is 7.69. The molecule has 1 aliphatic rings. The van der Waals surface area contributed by atoms with Gasteiger partial charge in [0.25, 0.3) is 5.91 Å². The average Bonchev–Trinajstić information content (AvgIpc) is 2.48. The second kappa shape index (κ2) is 6.80. The van der Waals surface area contributed by atoms with E-state index in [1.807, 2.05) is 19.1 Å². The molecule has 0 spiro atoms. The molecule has 0 aromatic heterocycles. The predicted octanol–water partition coefficient (Wildman–Crippen LogP) is 1.55. The summed E-state index contributed by atoms with van der Waals surface area (Å²) in [7, 11) is 2.17. The van der Waals surface area contributed by atoms with Crippen LogP contribution in [0.3, 0.4) is 0 Å². The molecule has 1 amide bonds. The molecular formula is C16H26N4O. The number of nitrogens with one attached hydrogen (secondary N) is 1. The van der Waals surface area contributed by atoms with Crippen LogP contribution in [0.2, 0.25) is 0 Å². The fraction of sp³-hybridized carbons (Fsp3) is 0.562. The third-order valence-corrected chi connectivity index (χ3v) is 4.22. The van der Waals surface area contributed by atoms with Gasteiger partial charge < -0.3 is 16.0 Å². The van der Waals surface area contributed by atoms with Crippen molar-refractivity contribution in [2.24, 2.45) is 0 Å². The van der Waals surface area contributed by atoms with Gasteiger partial charge in [-0.3, -0.25) is 9.69 Å². The molecule has 21 heavy (non-hydrogen) atoms. The third kappa shape index (κ3) is 3.47. The van der Waals surface area contributed by atoms with E-state index in [9.17, 15) is 4.79 Å². The predicted molar refractivity (Wildman–Crippen MR) is 87.8 cm³/mol. The molecule has 1 aliphatic heterocycles. The summed E-state index contributed by atoms with van der Waals surface area (Å²) in [5, 5.41) is 2.83. The summed E-state index contributed by atoms with van der Waals surface area (Å²) in [6.07, 6.45) is 1.11. The largest absolute Gasteiger partial charge is 0.397 e. The number of amides is 1. The molecule has 1 aromatic rings. The highest BCUT2D eigenvalue weighted by Crippen LogP contribution is 2.27. The smallest absolute Gasteiger partial charge is 0.251 e. The normalized spacial score (nSPS) is 19.6. The second-order valence-corrected chi connectivity index (χ2v) is 5.62. The molecular weight excluding hydrogens is 264 g/mol. The van der Waals surface area contributed by atoms with Crippen molar-refractivity contribution in [2.75, 3.05) is 43.9 Å². The first kappa shape index (κ1) is 15.6. The maximum absolute atomic E-state index is 12.0. The van der Waals surface area contributed by atoms with E-state index in [0.29, 0.717) is 18.2 Å². The molecule has 1 saturated heterocycles. The molecule has 1 atom stereocenters. The first-order chi connectivity index (χ1) is 10.1. The minimum absolute atomic E-state index is 0.0417. The van der Waals surface area contributed by atoms with E-state index < -0.39 is 0 Å². The van der Waals surface area contributed by atoms with Crippen LogP contribution in [0, 0.1) is 0 Å². The van der Waals surface area contributed by atoms with Gasteiger partial charge in [0.15, 0.2) is 0 Å². The number of benzene rings is 1. The van der Waals surface area contributed by atoms with Crippen molar-refractivity contribution in [1.82, 2.24) is 10.2 Å². The molecule has 1 unspecified atom stereocenters. The SMILES string of the molecule is CCNC(=O)c1ccc(N)c(N2CCN(C)C(CC)C2)c1. The Morgan fingerprint density at radius 1 is 1.38 bits per heavy atom. The minimum atomic E-state index is -0.0417. The average molecular weight is 290 g/mol. The summed E-state index contributed by atoms with van der Waals surface area (Å²) in [5.41, 5.74) is 8.52. The van der Waals surface area contributed by atoms with E-state index in [-0.39, 0.29) is 5.91 Å². The highest BCUT2D eigenvalue weighted by Gasteiger charge is 2.24.